The van der Waals surface area contributed by atoms with Gasteiger partial charge in [0.15, 0.2) is 0 Å². The second-order valence-corrected chi connectivity index (χ2v) is 3.31. The van der Waals surface area contributed by atoms with Gasteiger partial charge in [0, 0.05) is 19.8 Å². The molecule has 0 atom stereocenters. The Bertz CT molecular complexity index is 262. The first-order valence-corrected chi connectivity index (χ1v) is 4.70. The van der Waals surface area contributed by atoms with Crippen LogP contribution in [0.2, 0.25) is 0 Å². The fourth-order valence-corrected chi connectivity index (χ4v) is 1.26. The molecule has 0 aromatic heterocycles. The van der Waals surface area contributed by atoms with E-state index < -0.39 is 0 Å². The molecule has 0 spiro atoms. The Morgan fingerprint density at radius 3 is 2.17 bits per heavy atom. The topological polar surface area (TPSA) is 3.24 Å². The molecule has 0 heterocycles. The Morgan fingerprint density at radius 1 is 1.17 bits per heavy atom. The average molecular weight is 226 g/mol. The van der Waals surface area contributed by atoms with Crippen LogP contribution >= 0.6 is 15.9 Å². The summed E-state index contributed by atoms with van der Waals surface area (Å²) in [5.41, 5.74) is 2.43. The predicted octanol–water partition coefficient (Wildman–Crippen LogP) is 3.12. The molecule has 64 valence electrons. The van der Waals surface area contributed by atoms with Gasteiger partial charge in [0.25, 0.3) is 0 Å². The normalized spacial score (nSPS) is 10.6. The number of hydrogen-bond donors (Lipinski definition) is 0. The molecule has 0 bridgehead atoms. The third-order valence-corrected chi connectivity index (χ3v) is 1.93. The zero-order valence-electron chi connectivity index (χ0n) is 7.29. The molecule has 0 saturated heterocycles. The molecule has 0 N–H and O–H groups in total. The molecule has 0 aliphatic rings. The molecule has 0 unspecified atom stereocenters. The summed E-state index contributed by atoms with van der Waals surface area (Å²) in [6.07, 6.45) is 2.01. The molecular weight excluding hydrogens is 214 g/mol. The third kappa shape index (κ3) is 2.38. The average Bonchev–Trinajstić information content (AvgIpc) is 2.06. The van der Waals surface area contributed by atoms with Gasteiger partial charge < -0.3 is 4.90 Å². The van der Waals surface area contributed by atoms with Crippen LogP contribution < -0.4 is 4.90 Å². The smallest absolute Gasteiger partial charge is 0.0361 e. The van der Waals surface area contributed by atoms with E-state index in [0.717, 1.165) is 0 Å². The van der Waals surface area contributed by atoms with Crippen molar-refractivity contribution in [2.45, 2.75) is 0 Å². The molecule has 12 heavy (non-hydrogen) atoms. The Hall–Kier alpha value is -0.760. The third-order valence-electron chi connectivity index (χ3n) is 1.66. The molecule has 1 nitrogen and oxygen atoms in total. The molecular formula is C10H12BrN. The van der Waals surface area contributed by atoms with Gasteiger partial charge >= 0.3 is 0 Å². The monoisotopic (exact) mass is 225 g/mol. The van der Waals surface area contributed by atoms with Crippen molar-refractivity contribution in [2.24, 2.45) is 0 Å². The number of nitrogens with zero attached hydrogens (tertiary/aromatic N) is 1. The van der Waals surface area contributed by atoms with Gasteiger partial charge in [-0.3, -0.25) is 0 Å². The lowest BCUT2D eigenvalue weighted by atomic mass is 10.2. The van der Waals surface area contributed by atoms with Crippen LogP contribution in [0.1, 0.15) is 5.56 Å². The summed E-state index contributed by atoms with van der Waals surface area (Å²) in [5, 5.41) is 0. The van der Waals surface area contributed by atoms with Crippen molar-refractivity contribution in [3.63, 3.8) is 0 Å². The van der Waals surface area contributed by atoms with Crippen molar-refractivity contribution in [1.82, 2.24) is 0 Å². The van der Waals surface area contributed by atoms with Gasteiger partial charge in [0.2, 0.25) is 0 Å². The highest BCUT2D eigenvalue weighted by molar-refractivity contribution is 9.11. The quantitative estimate of drug-likeness (QED) is 0.748. The Balaban J connectivity index is 2.85. The van der Waals surface area contributed by atoms with E-state index in [4.69, 9.17) is 0 Å². The fourth-order valence-electron chi connectivity index (χ4n) is 0.956. The van der Waals surface area contributed by atoms with Crippen molar-refractivity contribution in [3.8, 4) is 0 Å². The van der Waals surface area contributed by atoms with E-state index in [0.29, 0.717) is 0 Å². The fraction of sp³-hybridized carbons (Fsp3) is 0.200. The van der Waals surface area contributed by atoms with Gasteiger partial charge in [-0.05, 0) is 28.8 Å². The standard InChI is InChI=1S/C10H12BrN/c1-12(2)10-5-3-9(4-6-10)7-8-11/h3-8H,1-2H3/b8-7-. The summed E-state index contributed by atoms with van der Waals surface area (Å²) in [6.45, 7) is 0. The summed E-state index contributed by atoms with van der Waals surface area (Å²) in [5.74, 6) is 0. The van der Waals surface area contributed by atoms with Crippen molar-refractivity contribution < 1.29 is 0 Å². The highest BCUT2D eigenvalue weighted by Crippen LogP contribution is 2.13. The predicted molar refractivity (Wildman–Crippen MR) is 58.7 cm³/mol. The lowest BCUT2D eigenvalue weighted by Crippen LogP contribution is -2.07. The van der Waals surface area contributed by atoms with Crippen LogP contribution in [-0.4, -0.2) is 14.1 Å². The van der Waals surface area contributed by atoms with Gasteiger partial charge in [0.1, 0.15) is 0 Å². The molecule has 0 fully saturated rings. The van der Waals surface area contributed by atoms with E-state index in [-0.39, 0.29) is 0 Å². The first-order chi connectivity index (χ1) is 5.74. The van der Waals surface area contributed by atoms with Crippen molar-refractivity contribution in [1.29, 1.82) is 0 Å². The molecule has 0 aliphatic heterocycles. The van der Waals surface area contributed by atoms with Crippen LogP contribution in [0, 0.1) is 0 Å². The first kappa shape index (κ1) is 9.33. The molecule has 0 saturated carbocycles. The number of hydrogen-bond acceptors (Lipinski definition) is 1. The molecule has 2 heteroatoms. The molecule has 1 aromatic carbocycles. The molecule has 0 radical (unpaired) electrons. The Kier molecular flexibility index (Phi) is 3.35. The van der Waals surface area contributed by atoms with E-state index in [1.54, 1.807) is 0 Å². The number of benzene rings is 1. The zero-order chi connectivity index (χ0) is 8.97. The maximum absolute atomic E-state index is 3.24. The van der Waals surface area contributed by atoms with Crippen molar-refractivity contribution in [2.75, 3.05) is 19.0 Å². The minimum Gasteiger partial charge on any atom is -0.378 e. The number of rotatable bonds is 2. The number of halogens is 1. The summed E-state index contributed by atoms with van der Waals surface area (Å²) < 4.78 is 0. The summed E-state index contributed by atoms with van der Waals surface area (Å²) >= 11 is 3.24. The summed E-state index contributed by atoms with van der Waals surface area (Å²) in [7, 11) is 4.07. The largest absolute Gasteiger partial charge is 0.378 e. The van der Waals surface area contributed by atoms with Gasteiger partial charge in [0.05, 0.1) is 0 Å². The van der Waals surface area contributed by atoms with Crippen molar-refractivity contribution in [3.05, 3.63) is 34.8 Å². The molecule has 1 aromatic rings. The second-order valence-electron chi connectivity index (χ2n) is 2.78. The maximum atomic E-state index is 3.24. The van der Waals surface area contributed by atoms with Gasteiger partial charge in [-0.25, -0.2) is 0 Å². The molecule has 0 aliphatic carbocycles. The van der Waals surface area contributed by atoms with E-state index in [9.17, 15) is 0 Å². The van der Waals surface area contributed by atoms with Crippen molar-refractivity contribution >= 4 is 27.7 Å². The number of anilines is 1. The maximum Gasteiger partial charge on any atom is 0.0361 e. The highest BCUT2D eigenvalue weighted by Gasteiger charge is 1.92. The first-order valence-electron chi connectivity index (χ1n) is 3.78. The summed E-state index contributed by atoms with van der Waals surface area (Å²) in [4.78, 5) is 3.94. The Morgan fingerprint density at radius 2 is 1.75 bits per heavy atom. The second kappa shape index (κ2) is 4.31. The lowest BCUT2D eigenvalue weighted by Gasteiger charge is -2.11. The van der Waals surface area contributed by atoms with Crippen LogP contribution in [0.5, 0.6) is 0 Å². The highest BCUT2D eigenvalue weighted by atomic mass is 79.9. The minimum atomic E-state index is 1.21. The zero-order valence-corrected chi connectivity index (χ0v) is 8.88. The van der Waals surface area contributed by atoms with E-state index in [2.05, 4.69) is 45.1 Å². The Labute approximate surface area is 81.8 Å². The SMILES string of the molecule is CN(C)c1ccc(/C=C\Br)cc1. The van der Waals surface area contributed by atoms with Crippen LogP contribution in [0.3, 0.4) is 0 Å². The molecule has 1 rings (SSSR count). The van der Waals surface area contributed by atoms with Crippen LogP contribution in [-0.2, 0) is 0 Å². The lowest BCUT2D eigenvalue weighted by molar-refractivity contribution is 1.13. The van der Waals surface area contributed by atoms with Gasteiger partial charge in [-0.15, -0.1) is 0 Å². The van der Waals surface area contributed by atoms with E-state index in [1.807, 2.05) is 25.2 Å². The van der Waals surface area contributed by atoms with Gasteiger partial charge in [-0.2, -0.15) is 0 Å². The van der Waals surface area contributed by atoms with E-state index in [1.165, 1.54) is 11.3 Å². The van der Waals surface area contributed by atoms with Crippen LogP contribution in [0.25, 0.3) is 6.08 Å². The summed E-state index contributed by atoms with van der Waals surface area (Å²) in [6, 6.07) is 8.38. The molecule has 0 amide bonds. The van der Waals surface area contributed by atoms with Crippen LogP contribution in [0.4, 0.5) is 5.69 Å². The van der Waals surface area contributed by atoms with E-state index >= 15 is 0 Å². The van der Waals surface area contributed by atoms with Gasteiger partial charge in [-0.1, -0.05) is 28.1 Å². The van der Waals surface area contributed by atoms with Crippen LogP contribution in [0.15, 0.2) is 29.3 Å². The minimum absolute atomic E-state index is 1.21.